The van der Waals surface area contributed by atoms with Gasteiger partial charge in [0.2, 0.25) is 10.0 Å². The minimum Gasteiger partial charge on any atom is -0.379 e. The third-order valence-electron chi connectivity index (χ3n) is 7.41. The molecule has 2 heterocycles. The van der Waals surface area contributed by atoms with Crippen LogP contribution in [0.3, 0.4) is 0 Å². The highest BCUT2D eigenvalue weighted by Crippen LogP contribution is 2.28. The Hall–Kier alpha value is -1.48. The number of carbonyl (C=O) groups is 1. The van der Waals surface area contributed by atoms with Crippen LogP contribution in [0.15, 0.2) is 17.0 Å². The number of hydrogen-bond acceptors (Lipinski definition) is 5. The van der Waals surface area contributed by atoms with Gasteiger partial charge in [0.1, 0.15) is 0 Å². The summed E-state index contributed by atoms with van der Waals surface area (Å²) in [5, 5.41) is 3.07. The zero-order valence-electron chi connectivity index (χ0n) is 20.2. The number of rotatable bonds is 7. The lowest BCUT2D eigenvalue weighted by molar-refractivity contribution is -0.0169. The van der Waals surface area contributed by atoms with Crippen LogP contribution in [-0.4, -0.2) is 75.0 Å². The largest absolute Gasteiger partial charge is 0.379 e. The van der Waals surface area contributed by atoms with E-state index in [1.54, 1.807) is 16.4 Å². The van der Waals surface area contributed by atoms with Crippen LogP contribution in [0.5, 0.6) is 0 Å². The molecule has 8 heteroatoms. The predicted molar refractivity (Wildman–Crippen MR) is 126 cm³/mol. The van der Waals surface area contributed by atoms with Crippen LogP contribution in [0.4, 0.5) is 0 Å². The Kier molecular flexibility index (Phi) is 8.02. The number of nitrogens with zero attached hydrogens (tertiary/aromatic N) is 2. The Balaban J connectivity index is 1.79. The molecule has 32 heavy (non-hydrogen) atoms. The van der Waals surface area contributed by atoms with Gasteiger partial charge in [0.05, 0.1) is 18.1 Å². The van der Waals surface area contributed by atoms with Crippen molar-refractivity contribution in [1.82, 2.24) is 14.5 Å². The molecule has 7 nitrogen and oxygen atoms in total. The second-order valence-electron chi connectivity index (χ2n) is 9.64. The lowest BCUT2D eigenvalue weighted by Gasteiger charge is -2.43. The van der Waals surface area contributed by atoms with E-state index in [4.69, 9.17) is 4.74 Å². The lowest BCUT2D eigenvalue weighted by Crippen LogP contribution is -2.56. The molecule has 2 aliphatic heterocycles. The molecule has 0 radical (unpaired) electrons. The van der Waals surface area contributed by atoms with Crippen molar-refractivity contribution in [2.24, 2.45) is 5.92 Å². The van der Waals surface area contributed by atoms with Crippen molar-refractivity contribution in [1.29, 1.82) is 0 Å². The van der Waals surface area contributed by atoms with Gasteiger partial charge in [-0.1, -0.05) is 13.8 Å². The quantitative estimate of drug-likeness (QED) is 0.670. The molecule has 0 bridgehead atoms. The van der Waals surface area contributed by atoms with Gasteiger partial charge < -0.3 is 10.1 Å². The number of sulfonamides is 1. The van der Waals surface area contributed by atoms with Crippen molar-refractivity contribution in [2.75, 3.05) is 45.9 Å². The minimum atomic E-state index is -3.63. The summed E-state index contributed by atoms with van der Waals surface area (Å²) in [4.78, 5) is 15.7. The molecule has 0 aromatic heterocycles. The molecule has 2 saturated heterocycles. The van der Waals surface area contributed by atoms with Crippen LogP contribution in [0.25, 0.3) is 0 Å². The first-order chi connectivity index (χ1) is 15.1. The van der Waals surface area contributed by atoms with Crippen molar-refractivity contribution in [2.45, 2.75) is 64.3 Å². The van der Waals surface area contributed by atoms with E-state index in [1.165, 1.54) is 0 Å². The van der Waals surface area contributed by atoms with Crippen LogP contribution in [0, 0.1) is 19.8 Å². The monoisotopic (exact) mass is 465 g/mol. The first-order valence-corrected chi connectivity index (χ1v) is 13.2. The number of carbonyl (C=O) groups excluding carboxylic acids is 1. The van der Waals surface area contributed by atoms with Gasteiger partial charge in [-0.05, 0) is 69.2 Å². The first-order valence-electron chi connectivity index (χ1n) is 11.8. The number of morpholine rings is 1. The fourth-order valence-electron chi connectivity index (χ4n) is 4.53. The standard InChI is InChI=1S/C24H39N3O4S/c1-6-24(5,26-11-13-31-14-12-26)17-25-23(28)21-15-19(3)20(4)22(16-21)32(29,30)27-9-7-18(2)8-10-27/h15-16,18H,6-14,17H2,1-5H3,(H,25,28). The number of benzene rings is 1. The Morgan fingerprint density at radius 2 is 1.78 bits per heavy atom. The van der Waals surface area contributed by atoms with Gasteiger partial charge in [0, 0.05) is 43.8 Å². The van der Waals surface area contributed by atoms with E-state index >= 15 is 0 Å². The minimum absolute atomic E-state index is 0.168. The number of piperidine rings is 1. The van der Waals surface area contributed by atoms with E-state index in [-0.39, 0.29) is 16.3 Å². The average molecular weight is 466 g/mol. The summed E-state index contributed by atoms with van der Waals surface area (Å²) < 4.78 is 33.8. The first kappa shape index (κ1) is 25.1. The van der Waals surface area contributed by atoms with Crippen molar-refractivity contribution >= 4 is 15.9 Å². The topological polar surface area (TPSA) is 79.0 Å². The molecule has 1 aromatic carbocycles. The third kappa shape index (κ3) is 5.35. The van der Waals surface area contributed by atoms with E-state index in [0.29, 0.717) is 49.9 Å². The SMILES string of the molecule is CCC(C)(CNC(=O)c1cc(C)c(C)c(S(=O)(=O)N2CCC(C)CC2)c1)N1CCOCC1. The number of ether oxygens (including phenoxy) is 1. The fourth-order valence-corrected chi connectivity index (χ4v) is 6.32. The van der Waals surface area contributed by atoms with Gasteiger partial charge in [-0.15, -0.1) is 0 Å². The van der Waals surface area contributed by atoms with Crippen molar-refractivity contribution < 1.29 is 17.9 Å². The highest BCUT2D eigenvalue weighted by Gasteiger charge is 2.33. The van der Waals surface area contributed by atoms with Crippen LogP contribution in [-0.2, 0) is 14.8 Å². The zero-order chi connectivity index (χ0) is 23.5. The summed E-state index contributed by atoms with van der Waals surface area (Å²) in [5.41, 5.74) is 1.76. The Morgan fingerprint density at radius 3 is 2.38 bits per heavy atom. The molecule has 1 aromatic rings. The van der Waals surface area contributed by atoms with Crippen molar-refractivity contribution in [3.8, 4) is 0 Å². The van der Waals surface area contributed by atoms with Crippen LogP contribution < -0.4 is 5.32 Å². The van der Waals surface area contributed by atoms with Crippen LogP contribution >= 0.6 is 0 Å². The lowest BCUT2D eigenvalue weighted by atomic mass is 9.95. The highest BCUT2D eigenvalue weighted by atomic mass is 32.2. The average Bonchev–Trinajstić information content (AvgIpc) is 2.79. The predicted octanol–water partition coefficient (Wildman–Crippen LogP) is 2.95. The van der Waals surface area contributed by atoms with Crippen LogP contribution in [0.2, 0.25) is 0 Å². The molecular weight excluding hydrogens is 426 g/mol. The highest BCUT2D eigenvalue weighted by molar-refractivity contribution is 7.89. The maximum atomic E-state index is 13.4. The normalized spacial score (nSPS) is 21.3. The van der Waals surface area contributed by atoms with Gasteiger partial charge in [-0.3, -0.25) is 9.69 Å². The molecule has 0 aliphatic carbocycles. The van der Waals surface area contributed by atoms with Crippen molar-refractivity contribution in [3.63, 3.8) is 0 Å². The second kappa shape index (κ2) is 10.2. The summed E-state index contributed by atoms with van der Waals surface area (Å²) in [6.07, 6.45) is 2.64. The molecule has 1 amide bonds. The van der Waals surface area contributed by atoms with E-state index in [0.717, 1.165) is 37.9 Å². The van der Waals surface area contributed by atoms with E-state index < -0.39 is 10.0 Å². The fraction of sp³-hybridized carbons (Fsp3) is 0.708. The summed E-state index contributed by atoms with van der Waals surface area (Å²) >= 11 is 0. The van der Waals surface area contributed by atoms with Crippen LogP contribution in [0.1, 0.15) is 61.5 Å². The second-order valence-corrected chi connectivity index (χ2v) is 11.5. The molecule has 2 fully saturated rings. The van der Waals surface area contributed by atoms with E-state index in [2.05, 4.69) is 31.0 Å². The third-order valence-corrected chi connectivity index (χ3v) is 9.43. The molecule has 1 N–H and O–H groups in total. The zero-order valence-corrected chi connectivity index (χ0v) is 21.1. The Labute approximate surface area is 193 Å². The number of aryl methyl sites for hydroxylation is 1. The number of hydrogen-bond donors (Lipinski definition) is 1. The Bertz CT molecular complexity index is 919. The van der Waals surface area contributed by atoms with Gasteiger partial charge in [0.15, 0.2) is 0 Å². The summed E-state index contributed by atoms with van der Waals surface area (Å²) in [5.74, 6) is 0.311. The summed E-state index contributed by atoms with van der Waals surface area (Å²) in [7, 11) is -3.63. The summed E-state index contributed by atoms with van der Waals surface area (Å²) in [6.45, 7) is 14.8. The smallest absolute Gasteiger partial charge is 0.251 e. The van der Waals surface area contributed by atoms with Crippen molar-refractivity contribution in [3.05, 3.63) is 28.8 Å². The molecular formula is C24H39N3O4S. The maximum Gasteiger partial charge on any atom is 0.251 e. The molecule has 1 unspecified atom stereocenters. The van der Waals surface area contributed by atoms with Gasteiger partial charge in [-0.2, -0.15) is 4.31 Å². The molecule has 3 rings (SSSR count). The Morgan fingerprint density at radius 1 is 1.16 bits per heavy atom. The van der Waals surface area contributed by atoms with Gasteiger partial charge >= 0.3 is 0 Å². The molecule has 0 saturated carbocycles. The number of nitrogens with one attached hydrogen (secondary N) is 1. The molecule has 1 atom stereocenters. The van der Waals surface area contributed by atoms with E-state index in [9.17, 15) is 13.2 Å². The summed E-state index contributed by atoms with van der Waals surface area (Å²) in [6, 6.07) is 3.35. The number of amides is 1. The maximum absolute atomic E-state index is 13.4. The van der Waals surface area contributed by atoms with E-state index in [1.807, 2.05) is 13.8 Å². The molecule has 2 aliphatic rings. The molecule has 0 spiro atoms. The molecule has 180 valence electrons. The van der Waals surface area contributed by atoms with Gasteiger partial charge in [0.25, 0.3) is 5.91 Å². The van der Waals surface area contributed by atoms with Gasteiger partial charge in [-0.25, -0.2) is 8.42 Å².